The highest BCUT2D eigenvalue weighted by Crippen LogP contribution is 2.63. The van der Waals surface area contributed by atoms with Crippen molar-refractivity contribution in [3.05, 3.63) is 12.2 Å². The van der Waals surface area contributed by atoms with Crippen LogP contribution in [0.1, 0.15) is 6.42 Å². The van der Waals surface area contributed by atoms with Crippen LogP contribution < -0.4 is 0 Å². The van der Waals surface area contributed by atoms with Crippen LogP contribution in [0.4, 0.5) is 0 Å². The standard InChI is InChI=1S/C11H13IO2/c12-10-4-3-5-9-7(14-11(5)10)2-1-6(13)8(4)9/h1-2,4-11,13H,3H2/t4-,5+,6+,7-,8+,9-,10-,11-/m0/s1. The zero-order chi connectivity index (χ0) is 9.45. The molecule has 76 valence electrons. The quantitative estimate of drug-likeness (QED) is 0.416. The van der Waals surface area contributed by atoms with Crippen molar-refractivity contribution in [3.63, 3.8) is 0 Å². The van der Waals surface area contributed by atoms with E-state index in [1.165, 1.54) is 6.42 Å². The Morgan fingerprint density at radius 2 is 2.07 bits per heavy atom. The summed E-state index contributed by atoms with van der Waals surface area (Å²) < 4.78 is 6.70. The van der Waals surface area contributed by atoms with Gasteiger partial charge in [0, 0.05) is 3.92 Å². The highest BCUT2D eigenvalue weighted by atomic mass is 127. The summed E-state index contributed by atoms with van der Waals surface area (Å²) in [5.41, 5.74) is 0. The molecule has 0 unspecified atom stereocenters. The van der Waals surface area contributed by atoms with Crippen molar-refractivity contribution in [1.29, 1.82) is 0 Å². The van der Waals surface area contributed by atoms with Gasteiger partial charge < -0.3 is 9.84 Å². The smallest absolute Gasteiger partial charge is 0.0796 e. The zero-order valence-electron chi connectivity index (χ0n) is 7.71. The molecule has 8 atom stereocenters. The van der Waals surface area contributed by atoms with Crippen LogP contribution in [-0.4, -0.2) is 27.3 Å². The molecule has 3 heteroatoms. The molecular formula is C11H13IO2. The fourth-order valence-corrected chi connectivity index (χ4v) is 5.77. The third-order valence-electron chi connectivity index (χ3n) is 4.71. The van der Waals surface area contributed by atoms with E-state index in [1.54, 1.807) is 0 Å². The molecule has 2 saturated carbocycles. The Bertz CT molecular complexity index is 316. The van der Waals surface area contributed by atoms with Crippen LogP contribution in [0.5, 0.6) is 0 Å². The highest BCUT2D eigenvalue weighted by Gasteiger charge is 2.66. The predicted octanol–water partition coefficient (Wildman–Crippen LogP) is 1.37. The lowest BCUT2D eigenvalue weighted by Gasteiger charge is -2.35. The molecule has 3 fully saturated rings. The summed E-state index contributed by atoms with van der Waals surface area (Å²) in [7, 11) is 0. The van der Waals surface area contributed by atoms with Crippen LogP contribution >= 0.6 is 22.6 Å². The summed E-state index contributed by atoms with van der Waals surface area (Å²) in [4.78, 5) is 0. The molecule has 0 radical (unpaired) electrons. The third kappa shape index (κ3) is 0.780. The van der Waals surface area contributed by atoms with Gasteiger partial charge in [0.15, 0.2) is 0 Å². The van der Waals surface area contributed by atoms with Crippen molar-refractivity contribution in [1.82, 2.24) is 0 Å². The van der Waals surface area contributed by atoms with Gasteiger partial charge in [-0.2, -0.15) is 0 Å². The highest BCUT2D eigenvalue weighted by molar-refractivity contribution is 14.1. The van der Waals surface area contributed by atoms with Gasteiger partial charge in [0.2, 0.25) is 0 Å². The molecule has 4 rings (SSSR count). The van der Waals surface area contributed by atoms with Crippen LogP contribution in [0, 0.1) is 23.7 Å². The van der Waals surface area contributed by atoms with Gasteiger partial charge in [-0.05, 0) is 30.1 Å². The second kappa shape index (κ2) is 2.55. The molecule has 1 heterocycles. The number of fused-ring (bicyclic) bond motifs is 2. The van der Waals surface area contributed by atoms with Gasteiger partial charge in [-0.25, -0.2) is 0 Å². The lowest BCUT2D eigenvalue weighted by atomic mass is 9.72. The first-order valence-electron chi connectivity index (χ1n) is 5.43. The summed E-state index contributed by atoms with van der Waals surface area (Å²) in [6.45, 7) is 0. The molecule has 2 nitrogen and oxygen atoms in total. The van der Waals surface area contributed by atoms with Gasteiger partial charge in [-0.3, -0.25) is 0 Å². The number of hydrogen-bond donors (Lipinski definition) is 1. The lowest BCUT2D eigenvalue weighted by molar-refractivity contribution is 0.0523. The second-order valence-electron chi connectivity index (χ2n) is 5.10. The minimum Gasteiger partial charge on any atom is -0.389 e. The first-order valence-corrected chi connectivity index (χ1v) is 6.68. The molecule has 1 N–H and O–H groups in total. The predicted molar refractivity (Wildman–Crippen MR) is 60.2 cm³/mol. The van der Waals surface area contributed by atoms with E-state index < -0.39 is 0 Å². The fourth-order valence-electron chi connectivity index (χ4n) is 4.29. The van der Waals surface area contributed by atoms with Gasteiger partial charge in [-0.15, -0.1) is 0 Å². The Hall–Kier alpha value is 0.390. The van der Waals surface area contributed by atoms with Crippen molar-refractivity contribution in [2.75, 3.05) is 0 Å². The fraction of sp³-hybridized carbons (Fsp3) is 0.818. The van der Waals surface area contributed by atoms with E-state index in [0.717, 1.165) is 5.92 Å². The van der Waals surface area contributed by atoms with Gasteiger partial charge in [0.05, 0.1) is 18.3 Å². The van der Waals surface area contributed by atoms with Crippen LogP contribution in [0.15, 0.2) is 12.2 Å². The molecule has 3 aliphatic carbocycles. The Kier molecular flexibility index (Phi) is 1.55. The maximum absolute atomic E-state index is 10.0. The molecule has 0 aromatic carbocycles. The lowest BCUT2D eigenvalue weighted by Crippen LogP contribution is -2.41. The summed E-state index contributed by atoms with van der Waals surface area (Å²) in [5.74, 6) is 2.59. The van der Waals surface area contributed by atoms with Crippen LogP contribution in [-0.2, 0) is 4.74 Å². The number of aliphatic hydroxyl groups is 1. The van der Waals surface area contributed by atoms with E-state index in [9.17, 15) is 5.11 Å². The number of aliphatic hydroxyl groups excluding tert-OH is 1. The van der Waals surface area contributed by atoms with Gasteiger partial charge in [0.25, 0.3) is 0 Å². The Morgan fingerprint density at radius 1 is 1.21 bits per heavy atom. The van der Waals surface area contributed by atoms with Crippen molar-refractivity contribution in [3.8, 4) is 0 Å². The van der Waals surface area contributed by atoms with Gasteiger partial charge in [0.1, 0.15) is 0 Å². The summed E-state index contributed by atoms with van der Waals surface area (Å²) in [6, 6.07) is 0. The minimum absolute atomic E-state index is 0.203. The molecule has 0 aromatic heterocycles. The summed E-state index contributed by atoms with van der Waals surface area (Å²) in [5, 5.41) is 10.0. The zero-order valence-corrected chi connectivity index (χ0v) is 9.87. The van der Waals surface area contributed by atoms with Crippen LogP contribution in [0.2, 0.25) is 0 Å². The molecular weight excluding hydrogens is 291 g/mol. The third-order valence-corrected chi connectivity index (χ3v) is 6.34. The van der Waals surface area contributed by atoms with Crippen LogP contribution in [0.3, 0.4) is 0 Å². The number of alkyl halides is 1. The first kappa shape index (κ1) is 8.53. The van der Waals surface area contributed by atoms with E-state index in [2.05, 4.69) is 28.7 Å². The first-order chi connectivity index (χ1) is 6.77. The summed E-state index contributed by atoms with van der Waals surface area (Å²) >= 11 is 2.54. The minimum atomic E-state index is -0.203. The van der Waals surface area contributed by atoms with E-state index in [-0.39, 0.29) is 6.10 Å². The maximum atomic E-state index is 10.0. The van der Waals surface area contributed by atoms with Crippen LogP contribution in [0.25, 0.3) is 0 Å². The monoisotopic (exact) mass is 304 g/mol. The Balaban J connectivity index is 1.86. The average molecular weight is 304 g/mol. The largest absolute Gasteiger partial charge is 0.389 e. The van der Waals surface area contributed by atoms with Crippen molar-refractivity contribution in [2.24, 2.45) is 23.7 Å². The van der Waals surface area contributed by atoms with Gasteiger partial charge >= 0.3 is 0 Å². The molecule has 1 saturated heterocycles. The summed E-state index contributed by atoms with van der Waals surface area (Å²) in [6.07, 6.45) is 5.95. The normalized spacial score (nSPS) is 67.9. The molecule has 0 amide bonds. The number of rotatable bonds is 0. The van der Waals surface area contributed by atoms with E-state index in [0.29, 0.717) is 33.9 Å². The maximum Gasteiger partial charge on any atom is 0.0796 e. The number of ether oxygens (including phenoxy) is 1. The molecule has 14 heavy (non-hydrogen) atoms. The molecule has 0 spiro atoms. The van der Waals surface area contributed by atoms with E-state index >= 15 is 0 Å². The molecule has 4 aliphatic rings. The van der Waals surface area contributed by atoms with Crippen molar-refractivity contribution < 1.29 is 9.84 Å². The molecule has 2 bridgehead atoms. The second-order valence-corrected chi connectivity index (χ2v) is 6.54. The van der Waals surface area contributed by atoms with Crippen molar-refractivity contribution >= 4 is 22.6 Å². The number of halogens is 1. The van der Waals surface area contributed by atoms with E-state index in [1.807, 2.05) is 6.08 Å². The SMILES string of the molecule is O[C@@H]1C=C[C@@H]2O[C@@H]3[C@@H](I)[C@H]4C[C@@H]3[C@@H]2[C@H]41. The molecule has 0 aromatic rings. The van der Waals surface area contributed by atoms with Gasteiger partial charge in [-0.1, -0.05) is 34.7 Å². The topological polar surface area (TPSA) is 29.5 Å². The Morgan fingerprint density at radius 3 is 2.93 bits per heavy atom. The van der Waals surface area contributed by atoms with Crippen molar-refractivity contribution in [2.45, 2.75) is 28.7 Å². The number of hydrogen-bond acceptors (Lipinski definition) is 2. The Labute approximate surface area is 96.8 Å². The average Bonchev–Trinajstić information content (AvgIpc) is 2.75. The molecule has 1 aliphatic heterocycles. The van der Waals surface area contributed by atoms with E-state index in [4.69, 9.17) is 4.74 Å².